The Balaban J connectivity index is 1.79. The Morgan fingerprint density at radius 2 is 1.91 bits per heavy atom. The molecule has 2 fully saturated rings. The molecule has 2 N–H and O–H groups in total. The topological polar surface area (TPSA) is 109 Å². The van der Waals surface area contributed by atoms with Gasteiger partial charge in [0.2, 0.25) is 0 Å². The van der Waals surface area contributed by atoms with E-state index < -0.39 is 35.6 Å². The summed E-state index contributed by atoms with van der Waals surface area (Å²) in [6.45, 7) is 8.78. The van der Waals surface area contributed by atoms with Crippen LogP contribution in [0.25, 0.3) is 6.08 Å². The Kier molecular flexibility index (Phi) is 8.48. The molecule has 0 aromatic carbocycles. The van der Waals surface area contributed by atoms with E-state index in [1.54, 1.807) is 32.1 Å². The van der Waals surface area contributed by atoms with Gasteiger partial charge < -0.3 is 19.7 Å². The number of aryl methyl sites for hydroxylation is 1. The lowest BCUT2D eigenvalue weighted by molar-refractivity contribution is -0.154. The molecular weight excluding hydrogens is 442 g/mol. The zero-order chi connectivity index (χ0) is 24.3. The van der Waals surface area contributed by atoms with Crippen molar-refractivity contribution in [3.05, 3.63) is 21.7 Å². The van der Waals surface area contributed by atoms with Crippen LogP contribution in [-0.4, -0.2) is 57.5 Å². The normalized spacial score (nSPS) is 34.5. The van der Waals surface area contributed by atoms with Gasteiger partial charge in [0.05, 0.1) is 47.0 Å². The molecule has 0 spiro atoms. The zero-order valence-corrected chi connectivity index (χ0v) is 21.1. The molecule has 2 aliphatic rings. The fourth-order valence-electron chi connectivity index (χ4n) is 4.45. The number of rotatable bonds is 2. The fraction of sp³-hybridized carbons (Fsp3) is 0.720. The van der Waals surface area contributed by atoms with Crippen molar-refractivity contribution in [3.63, 3.8) is 0 Å². The fourth-order valence-corrected chi connectivity index (χ4v) is 5.02. The molecule has 184 valence electrons. The SMILES string of the molecule is C/C(=C\c1csc(C)n1)[C@@H]1C[C@@H]2O[C@@H]2CCCC[C@H](O)[C@H](C)C(=O)C(C)(C)[C@@H](O)CC(=O)O1. The maximum atomic E-state index is 13.0. The van der Waals surface area contributed by atoms with Crippen molar-refractivity contribution in [2.24, 2.45) is 11.3 Å². The van der Waals surface area contributed by atoms with Gasteiger partial charge in [-0.2, -0.15) is 0 Å². The van der Waals surface area contributed by atoms with E-state index in [1.807, 2.05) is 25.3 Å². The number of hydrogen-bond donors (Lipinski definition) is 2. The summed E-state index contributed by atoms with van der Waals surface area (Å²) < 4.78 is 11.6. The molecule has 2 aliphatic heterocycles. The van der Waals surface area contributed by atoms with E-state index in [4.69, 9.17) is 9.47 Å². The molecule has 0 aliphatic carbocycles. The Labute approximate surface area is 200 Å². The first kappa shape index (κ1) is 26.0. The van der Waals surface area contributed by atoms with Crippen LogP contribution in [0, 0.1) is 18.3 Å². The number of hydrogen-bond acceptors (Lipinski definition) is 8. The number of aromatic nitrogens is 1. The van der Waals surface area contributed by atoms with E-state index in [0.29, 0.717) is 12.8 Å². The van der Waals surface area contributed by atoms with E-state index in [2.05, 4.69) is 4.98 Å². The predicted molar refractivity (Wildman–Crippen MR) is 127 cm³/mol. The summed E-state index contributed by atoms with van der Waals surface area (Å²) in [6.07, 6.45) is 2.92. The molecule has 8 heteroatoms. The Morgan fingerprint density at radius 1 is 1.21 bits per heavy atom. The number of carbonyl (C=O) groups excluding carboxylic acids is 2. The minimum Gasteiger partial charge on any atom is -0.458 e. The van der Waals surface area contributed by atoms with E-state index in [9.17, 15) is 19.8 Å². The second-order valence-corrected chi connectivity index (χ2v) is 11.1. The highest BCUT2D eigenvalue weighted by atomic mass is 32.1. The molecule has 3 rings (SSSR count). The van der Waals surface area contributed by atoms with Crippen molar-refractivity contribution >= 4 is 29.2 Å². The van der Waals surface area contributed by atoms with E-state index in [1.165, 1.54) is 0 Å². The van der Waals surface area contributed by atoms with Gasteiger partial charge in [0.15, 0.2) is 0 Å². The smallest absolute Gasteiger partial charge is 0.309 e. The predicted octanol–water partition coefficient (Wildman–Crippen LogP) is 3.84. The summed E-state index contributed by atoms with van der Waals surface area (Å²) in [5, 5.41) is 24.2. The summed E-state index contributed by atoms with van der Waals surface area (Å²) in [7, 11) is 0. The molecule has 6 atom stereocenters. The van der Waals surface area contributed by atoms with E-state index in [0.717, 1.165) is 35.5 Å². The number of aliphatic hydroxyl groups is 2. The lowest BCUT2D eigenvalue weighted by Crippen LogP contribution is -2.44. The number of ketones is 1. The van der Waals surface area contributed by atoms with Crippen LogP contribution in [-0.2, 0) is 19.1 Å². The number of ether oxygens (including phenoxy) is 2. The first-order chi connectivity index (χ1) is 15.5. The van der Waals surface area contributed by atoms with Gasteiger partial charge in [-0.05, 0) is 38.3 Å². The molecule has 0 bridgehead atoms. The summed E-state index contributed by atoms with van der Waals surface area (Å²) in [5.74, 6) is -1.43. The average molecular weight is 480 g/mol. The maximum Gasteiger partial charge on any atom is 0.309 e. The summed E-state index contributed by atoms with van der Waals surface area (Å²) in [4.78, 5) is 30.3. The monoisotopic (exact) mass is 479 g/mol. The number of cyclic esters (lactones) is 1. The summed E-state index contributed by atoms with van der Waals surface area (Å²) >= 11 is 1.56. The lowest BCUT2D eigenvalue weighted by atomic mass is 9.74. The van der Waals surface area contributed by atoms with Gasteiger partial charge in [-0.25, -0.2) is 4.98 Å². The average Bonchev–Trinajstić information content (AvgIpc) is 3.36. The van der Waals surface area contributed by atoms with Gasteiger partial charge in [-0.3, -0.25) is 9.59 Å². The standard InChI is InChI=1S/C25H37NO6S/c1-14(10-17-13-33-16(3)26-17)20-11-21-19(31-21)9-7-6-8-18(27)15(2)24(30)25(4,5)22(28)12-23(29)32-20/h10,13,15,18-22,27-28H,6-9,11-12H2,1-5H3/b14-10+/t15-,18-,19+,20-,21-,22-/m0/s1. The molecule has 1 aromatic heterocycles. The summed E-state index contributed by atoms with van der Waals surface area (Å²) in [5.41, 5.74) is 0.510. The van der Waals surface area contributed by atoms with Crippen LogP contribution in [0.4, 0.5) is 0 Å². The van der Waals surface area contributed by atoms with Crippen LogP contribution < -0.4 is 0 Å². The van der Waals surface area contributed by atoms with Crippen LogP contribution in [0.5, 0.6) is 0 Å². The molecule has 7 nitrogen and oxygen atoms in total. The van der Waals surface area contributed by atoms with E-state index in [-0.39, 0.29) is 24.4 Å². The minimum absolute atomic E-state index is 0.0167. The second kappa shape index (κ2) is 10.8. The number of thiazole rings is 1. The highest BCUT2D eigenvalue weighted by Gasteiger charge is 2.43. The van der Waals surface area contributed by atoms with Gasteiger partial charge in [0.25, 0.3) is 0 Å². The van der Waals surface area contributed by atoms with Crippen molar-refractivity contribution in [3.8, 4) is 0 Å². The highest BCUT2D eigenvalue weighted by Crippen LogP contribution is 2.35. The van der Waals surface area contributed by atoms with Gasteiger partial charge in [-0.15, -0.1) is 11.3 Å². The molecule has 0 radical (unpaired) electrons. The second-order valence-electron chi connectivity index (χ2n) is 10.1. The largest absolute Gasteiger partial charge is 0.458 e. The molecule has 2 saturated heterocycles. The molecule has 0 saturated carbocycles. The van der Waals surface area contributed by atoms with Gasteiger partial charge in [-0.1, -0.05) is 33.6 Å². The zero-order valence-electron chi connectivity index (χ0n) is 20.2. The Hall–Kier alpha value is -1.61. The van der Waals surface area contributed by atoms with Crippen molar-refractivity contribution in [1.82, 2.24) is 4.98 Å². The van der Waals surface area contributed by atoms with Gasteiger partial charge in [0.1, 0.15) is 11.9 Å². The maximum absolute atomic E-state index is 13.0. The minimum atomic E-state index is -1.21. The third-order valence-electron chi connectivity index (χ3n) is 6.99. The van der Waals surface area contributed by atoms with Crippen LogP contribution in [0.1, 0.15) is 76.9 Å². The number of esters is 1. The van der Waals surface area contributed by atoms with Crippen molar-refractivity contribution in [2.75, 3.05) is 0 Å². The first-order valence-corrected chi connectivity index (χ1v) is 12.7. The Bertz CT molecular complexity index is 878. The summed E-state index contributed by atoms with van der Waals surface area (Å²) in [6, 6.07) is 0. The quantitative estimate of drug-likeness (QED) is 0.490. The highest BCUT2D eigenvalue weighted by molar-refractivity contribution is 7.09. The van der Waals surface area contributed by atoms with Crippen molar-refractivity contribution in [1.29, 1.82) is 0 Å². The molecule has 33 heavy (non-hydrogen) atoms. The lowest BCUT2D eigenvalue weighted by Gasteiger charge is -2.33. The molecular formula is C25H37NO6S. The Morgan fingerprint density at radius 3 is 2.58 bits per heavy atom. The molecule has 0 unspecified atom stereocenters. The molecule has 1 aromatic rings. The van der Waals surface area contributed by atoms with Gasteiger partial charge in [0, 0.05) is 17.7 Å². The molecule has 0 amide bonds. The van der Waals surface area contributed by atoms with Crippen LogP contribution >= 0.6 is 11.3 Å². The van der Waals surface area contributed by atoms with Crippen molar-refractivity contribution in [2.45, 2.75) is 104 Å². The van der Waals surface area contributed by atoms with E-state index >= 15 is 0 Å². The molecule has 3 heterocycles. The van der Waals surface area contributed by atoms with Crippen LogP contribution in [0.15, 0.2) is 11.0 Å². The third-order valence-corrected chi connectivity index (χ3v) is 7.78. The number of nitrogens with zero attached hydrogens (tertiary/aromatic N) is 1. The van der Waals surface area contributed by atoms with Crippen LogP contribution in [0.2, 0.25) is 0 Å². The van der Waals surface area contributed by atoms with Crippen molar-refractivity contribution < 1.29 is 29.3 Å². The van der Waals surface area contributed by atoms with Gasteiger partial charge >= 0.3 is 5.97 Å². The number of epoxide rings is 1. The first-order valence-electron chi connectivity index (χ1n) is 11.8. The number of aliphatic hydroxyl groups excluding tert-OH is 2. The number of Topliss-reactive ketones (excluding diaryl/α,β-unsaturated/α-hetero) is 1. The van der Waals surface area contributed by atoms with Crippen LogP contribution in [0.3, 0.4) is 0 Å². The third kappa shape index (κ3) is 6.72. The number of carbonyl (C=O) groups is 2. The number of fused-ring (bicyclic) bond motifs is 1.